The van der Waals surface area contributed by atoms with Crippen molar-refractivity contribution in [3.05, 3.63) is 66.6 Å². The number of nitrogens with zero attached hydrogens (tertiary/aromatic N) is 1. The predicted octanol–water partition coefficient (Wildman–Crippen LogP) is 6.95. The van der Waals surface area contributed by atoms with Gasteiger partial charge in [0.25, 0.3) is 5.91 Å². The lowest BCUT2D eigenvalue weighted by molar-refractivity contribution is -0.117. The molecule has 0 spiro atoms. The molecule has 1 aliphatic carbocycles. The molecule has 0 radical (unpaired) electrons. The molecule has 0 aliphatic heterocycles. The van der Waals surface area contributed by atoms with Crippen LogP contribution in [0.15, 0.2) is 40.4 Å². The lowest BCUT2D eigenvalue weighted by Crippen LogP contribution is -2.33. The first-order valence-electron chi connectivity index (χ1n) is 9.36. The summed E-state index contributed by atoms with van der Waals surface area (Å²) >= 11 is 21.8. The van der Waals surface area contributed by atoms with Gasteiger partial charge in [-0.3, -0.25) is 4.79 Å². The van der Waals surface area contributed by atoms with Gasteiger partial charge in [-0.2, -0.15) is 5.26 Å². The number of carbonyl (C=O) groups excluding carboxylic acids is 1. The maximum absolute atomic E-state index is 12.4. The van der Waals surface area contributed by atoms with E-state index in [2.05, 4.69) is 21.2 Å². The summed E-state index contributed by atoms with van der Waals surface area (Å²) in [6.45, 7) is 0.248. The molecule has 1 amide bonds. The Labute approximate surface area is 198 Å². The number of benzene rings is 2. The van der Waals surface area contributed by atoms with Crippen molar-refractivity contribution in [2.24, 2.45) is 0 Å². The van der Waals surface area contributed by atoms with Crippen molar-refractivity contribution in [3.63, 3.8) is 0 Å². The minimum absolute atomic E-state index is 0.0364. The van der Waals surface area contributed by atoms with Crippen LogP contribution in [-0.4, -0.2) is 11.9 Å². The normalized spacial score (nSPS) is 14.4. The minimum Gasteiger partial charge on any atom is -0.486 e. The zero-order valence-corrected chi connectivity index (χ0v) is 19.7. The van der Waals surface area contributed by atoms with E-state index in [9.17, 15) is 10.1 Å². The van der Waals surface area contributed by atoms with Gasteiger partial charge in [0.2, 0.25) is 0 Å². The first-order chi connectivity index (χ1) is 14.4. The van der Waals surface area contributed by atoms with Crippen LogP contribution in [0.4, 0.5) is 0 Å². The lowest BCUT2D eigenvalue weighted by Gasteiger charge is -2.13. The van der Waals surface area contributed by atoms with Crippen LogP contribution in [0.1, 0.15) is 36.8 Å². The van der Waals surface area contributed by atoms with E-state index < -0.39 is 0 Å². The van der Waals surface area contributed by atoms with Crippen LogP contribution in [0.2, 0.25) is 15.1 Å². The predicted molar refractivity (Wildman–Crippen MR) is 124 cm³/mol. The van der Waals surface area contributed by atoms with Gasteiger partial charge in [0, 0.05) is 6.04 Å². The fourth-order valence-corrected chi connectivity index (χ4v) is 4.54. The first kappa shape index (κ1) is 23.0. The lowest BCUT2D eigenvalue weighted by atomic mass is 10.1. The van der Waals surface area contributed by atoms with Gasteiger partial charge in [0.15, 0.2) is 5.75 Å². The van der Waals surface area contributed by atoms with Crippen molar-refractivity contribution < 1.29 is 9.53 Å². The number of carbonyl (C=O) groups is 1. The molecule has 1 fully saturated rings. The molecule has 1 aliphatic rings. The summed E-state index contributed by atoms with van der Waals surface area (Å²) in [4.78, 5) is 12.4. The van der Waals surface area contributed by atoms with Crippen LogP contribution < -0.4 is 10.1 Å². The van der Waals surface area contributed by atoms with Gasteiger partial charge in [-0.05, 0) is 70.2 Å². The third-order valence-electron chi connectivity index (χ3n) is 4.75. The SMILES string of the molecule is N#C/C(=C/c1cc(Cl)c(OCc2ccc(Cl)c(Cl)c2)c(Br)c1)C(=O)NC1CCCC1. The number of nitriles is 1. The van der Waals surface area contributed by atoms with Gasteiger partial charge in [0.1, 0.15) is 18.2 Å². The van der Waals surface area contributed by atoms with Crippen molar-refractivity contribution in [1.82, 2.24) is 5.32 Å². The molecule has 0 unspecified atom stereocenters. The Morgan fingerprint density at radius 1 is 1.17 bits per heavy atom. The van der Waals surface area contributed by atoms with Crippen molar-refractivity contribution >= 4 is 62.7 Å². The smallest absolute Gasteiger partial charge is 0.262 e. The Morgan fingerprint density at radius 2 is 1.90 bits per heavy atom. The van der Waals surface area contributed by atoms with Gasteiger partial charge in [0.05, 0.1) is 19.5 Å². The second-order valence-electron chi connectivity index (χ2n) is 6.98. The number of rotatable bonds is 6. The maximum Gasteiger partial charge on any atom is 0.262 e. The maximum atomic E-state index is 12.4. The van der Waals surface area contributed by atoms with Crippen molar-refractivity contribution in [3.8, 4) is 11.8 Å². The van der Waals surface area contributed by atoms with Gasteiger partial charge in [-0.25, -0.2) is 0 Å². The molecule has 0 aromatic heterocycles. The number of ether oxygens (including phenoxy) is 1. The van der Waals surface area contributed by atoms with Crippen molar-refractivity contribution in [1.29, 1.82) is 5.26 Å². The fourth-order valence-electron chi connectivity index (χ4n) is 3.23. The highest BCUT2D eigenvalue weighted by atomic mass is 79.9. The molecular formula is C22H18BrCl3N2O2. The van der Waals surface area contributed by atoms with E-state index in [0.717, 1.165) is 31.2 Å². The van der Waals surface area contributed by atoms with Crippen LogP contribution in [0, 0.1) is 11.3 Å². The zero-order chi connectivity index (χ0) is 21.7. The highest BCUT2D eigenvalue weighted by molar-refractivity contribution is 9.10. The van der Waals surface area contributed by atoms with E-state index in [1.54, 1.807) is 24.3 Å². The fraction of sp³-hybridized carbons (Fsp3) is 0.273. The Hall–Kier alpha value is -1.71. The number of amides is 1. The summed E-state index contributed by atoms with van der Waals surface area (Å²) in [7, 11) is 0. The summed E-state index contributed by atoms with van der Waals surface area (Å²) in [6.07, 6.45) is 5.62. The monoisotopic (exact) mass is 526 g/mol. The molecular weight excluding hydrogens is 511 g/mol. The van der Waals surface area contributed by atoms with Crippen LogP contribution in [0.25, 0.3) is 6.08 Å². The van der Waals surface area contributed by atoms with Crippen LogP contribution in [0.3, 0.4) is 0 Å². The average Bonchev–Trinajstić information content (AvgIpc) is 3.21. The largest absolute Gasteiger partial charge is 0.486 e. The second-order valence-corrected chi connectivity index (χ2v) is 9.05. The molecule has 2 aromatic carbocycles. The van der Waals surface area contributed by atoms with Crippen molar-refractivity contribution in [2.75, 3.05) is 0 Å². The average molecular weight is 529 g/mol. The number of hydrogen-bond acceptors (Lipinski definition) is 3. The highest BCUT2D eigenvalue weighted by Crippen LogP contribution is 2.36. The van der Waals surface area contributed by atoms with E-state index in [4.69, 9.17) is 39.5 Å². The van der Waals surface area contributed by atoms with Gasteiger partial charge >= 0.3 is 0 Å². The molecule has 8 heteroatoms. The van der Waals surface area contributed by atoms with Gasteiger partial charge in [-0.15, -0.1) is 0 Å². The number of halogens is 4. The summed E-state index contributed by atoms with van der Waals surface area (Å²) in [5, 5.41) is 13.6. The van der Waals surface area contributed by atoms with Crippen LogP contribution >= 0.6 is 50.7 Å². The van der Waals surface area contributed by atoms with E-state index >= 15 is 0 Å². The summed E-state index contributed by atoms with van der Waals surface area (Å²) in [6, 6.07) is 10.8. The molecule has 0 saturated heterocycles. The number of hydrogen-bond donors (Lipinski definition) is 1. The number of nitrogens with one attached hydrogen (secondary N) is 1. The molecule has 2 aromatic rings. The van der Waals surface area contributed by atoms with E-state index in [-0.39, 0.29) is 24.1 Å². The Morgan fingerprint density at radius 3 is 2.53 bits per heavy atom. The minimum atomic E-state index is -0.364. The second kappa shape index (κ2) is 10.5. The Bertz CT molecular complexity index is 1000. The third kappa shape index (κ3) is 5.92. The topological polar surface area (TPSA) is 62.1 Å². The molecule has 1 N–H and O–H groups in total. The summed E-state index contributed by atoms with van der Waals surface area (Å²) in [5.74, 6) is 0.0883. The molecule has 30 heavy (non-hydrogen) atoms. The molecule has 0 atom stereocenters. The van der Waals surface area contributed by atoms with Gasteiger partial charge < -0.3 is 10.1 Å². The highest BCUT2D eigenvalue weighted by Gasteiger charge is 2.19. The quantitative estimate of drug-likeness (QED) is 0.326. The summed E-state index contributed by atoms with van der Waals surface area (Å²) in [5.41, 5.74) is 1.49. The Balaban J connectivity index is 1.74. The summed E-state index contributed by atoms with van der Waals surface area (Å²) < 4.78 is 6.43. The standard InChI is InChI=1S/C22H18BrCl3N2O2/c23-17-8-14(7-15(11-27)22(29)28-16-3-1-2-4-16)10-20(26)21(17)30-12-13-5-6-18(24)19(25)9-13/h5-10,16H,1-4,12H2,(H,28,29)/b15-7-. The van der Waals surface area contributed by atoms with Gasteiger partial charge in [-0.1, -0.05) is 53.7 Å². The molecule has 1 saturated carbocycles. The first-order valence-corrected chi connectivity index (χ1v) is 11.3. The van der Waals surface area contributed by atoms with E-state index in [1.165, 1.54) is 6.08 Å². The molecule has 0 heterocycles. The van der Waals surface area contributed by atoms with E-state index in [1.807, 2.05) is 12.1 Å². The Kier molecular flexibility index (Phi) is 8.07. The molecule has 156 valence electrons. The molecule has 0 bridgehead atoms. The van der Waals surface area contributed by atoms with Crippen LogP contribution in [-0.2, 0) is 11.4 Å². The zero-order valence-electron chi connectivity index (χ0n) is 15.9. The third-order valence-corrected chi connectivity index (χ3v) is 6.36. The molecule has 3 rings (SSSR count). The van der Waals surface area contributed by atoms with Crippen molar-refractivity contribution in [2.45, 2.75) is 38.3 Å². The van der Waals surface area contributed by atoms with Crippen LogP contribution in [0.5, 0.6) is 5.75 Å². The van der Waals surface area contributed by atoms with E-state index in [0.29, 0.717) is 30.9 Å². The molecule has 4 nitrogen and oxygen atoms in total.